The van der Waals surface area contributed by atoms with Crippen molar-refractivity contribution in [1.29, 1.82) is 0 Å². The van der Waals surface area contributed by atoms with Gasteiger partial charge in [-0.3, -0.25) is 4.79 Å². The zero-order valence-electron chi connectivity index (χ0n) is 12.3. The van der Waals surface area contributed by atoms with E-state index >= 15 is 0 Å². The molecule has 0 aliphatic heterocycles. The Morgan fingerprint density at radius 3 is 2.18 bits per heavy atom. The average molecular weight is 310 g/mol. The zero-order valence-corrected chi connectivity index (χ0v) is 13.0. The van der Waals surface area contributed by atoms with Gasteiger partial charge < -0.3 is 4.57 Å². The van der Waals surface area contributed by atoms with Gasteiger partial charge in [0.25, 0.3) is 5.56 Å². The molecule has 0 saturated carbocycles. The molecular weight excluding hydrogens is 294 g/mol. The van der Waals surface area contributed by atoms with Crippen molar-refractivity contribution in [2.45, 2.75) is 13.5 Å². The van der Waals surface area contributed by atoms with E-state index in [0.717, 1.165) is 16.7 Å². The molecule has 2 nitrogen and oxygen atoms in total. The van der Waals surface area contributed by atoms with Gasteiger partial charge in [-0.25, -0.2) is 0 Å². The van der Waals surface area contributed by atoms with E-state index in [1.165, 1.54) is 5.56 Å². The number of benzene rings is 2. The van der Waals surface area contributed by atoms with Crippen LogP contribution in [0.15, 0.2) is 71.7 Å². The van der Waals surface area contributed by atoms with Crippen LogP contribution in [0.4, 0.5) is 0 Å². The standard InChI is InChI=1S/C19H16ClNO/c1-14-2-6-16(7-3-14)17-8-11-19(22)21(13-17)12-15-4-9-18(20)10-5-15/h2-11,13H,12H2,1H3. The van der Waals surface area contributed by atoms with Crippen LogP contribution in [0.25, 0.3) is 11.1 Å². The van der Waals surface area contributed by atoms with E-state index in [-0.39, 0.29) is 5.56 Å². The second-order valence-corrected chi connectivity index (χ2v) is 5.81. The number of rotatable bonds is 3. The Balaban J connectivity index is 1.94. The lowest BCUT2D eigenvalue weighted by Crippen LogP contribution is -2.19. The zero-order chi connectivity index (χ0) is 15.5. The van der Waals surface area contributed by atoms with Crippen molar-refractivity contribution in [2.24, 2.45) is 0 Å². The maximum atomic E-state index is 12.1. The van der Waals surface area contributed by atoms with Crippen LogP contribution in [-0.2, 0) is 6.54 Å². The molecule has 0 amide bonds. The number of pyridine rings is 1. The number of nitrogens with zero attached hydrogens (tertiary/aromatic N) is 1. The molecule has 0 spiro atoms. The molecule has 3 heteroatoms. The Labute approximate surface area is 134 Å². The van der Waals surface area contributed by atoms with Crippen molar-refractivity contribution in [3.05, 3.63) is 93.4 Å². The van der Waals surface area contributed by atoms with Gasteiger partial charge in [0.2, 0.25) is 0 Å². The van der Waals surface area contributed by atoms with Gasteiger partial charge in [-0.2, -0.15) is 0 Å². The van der Waals surface area contributed by atoms with E-state index in [0.29, 0.717) is 11.6 Å². The summed E-state index contributed by atoms with van der Waals surface area (Å²) in [6.07, 6.45) is 1.90. The minimum absolute atomic E-state index is 0.00851. The van der Waals surface area contributed by atoms with Crippen LogP contribution < -0.4 is 5.56 Å². The summed E-state index contributed by atoms with van der Waals surface area (Å²) in [6.45, 7) is 2.60. The highest BCUT2D eigenvalue weighted by molar-refractivity contribution is 6.30. The molecule has 3 rings (SSSR count). The minimum atomic E-state index is -0.00851. The fraction of sp³-hybridized carbons (Fsp3) is 0.105. The van der Waals surface area contributed by atoms with Crippen LogP contribution in [0.5, 0.6) is 0 Å². The average Bonchev–Trinajstić information content (AvgIpc) is 2.52. The molecule has 0 saturated heterocycles. The van der Waals surface area contributed by atoms with Crippen molar-refractivity contribution in [3.63, 3.8) is 0 Å². The second kappa shape index (κ2) is 6.20. The van der Waals surface area contributed by atoms with E-state index < -0.39 is 0 Å². The van der Waals surface area contributed by atoms with Gasteiger partial charge in [0, 0.05) is 17.3 Å². The van der Waals surface area contributed by atoms with Crippen LogP contribution in [0.1, 0.15) is 11.1 Å². The topological polar surface area (TPSA) is 22.0 Å². The monoisotopic (exact) mass is 309 g/mol. The molecule has 0 unspecified atom stereocenters. The first-order valence-electron chi connectivity index (χ1n) is 7.14. The largest absolute Gasteiger partial charge is 0.310 e. The van der Waals surface area contributed by atoms with Gasteiger partial charge in [0.1, 0.15) is 0 Å². The number of hydrogen-bond donors (Lipinski definition) is 0. The van der Waals surface area contributed by atoms with Crippen molar-refractivity contribution < 1.29 is 0 Å². The summed E-state index contributed by atoms with van der Waals surface area (Å²) in [4.78, 5) is 12.1. The predicted molar refractivity (Wildman–Crippen MR) is 91.4 cm³/mol. The van der Waals surface area contributed by atoms with Gasteiger partial charge in [-0.05, 0) is 41.8 Å². The minimum Gasteiger partial charge on any atom is -0.310 e. The van der Waals surface area contributed by atoms with Crippen LogP contribution in [0.2, 0.25) is 5.02 Å². The third kappa shape index (κ3) is 3.29. The molecular formula is C19H16ClNO. The normalized spacial score (nSPS) is 10.6. The highest BCUT2D eigenvalue weighted by atomic mass is 35.5. The highest BCUT2D eigenvalue weighted by Gasteiger charge is 2.03. The summed E-state index contributed by atoms with van der Waals surface area (Å²) >= 11 is 5.90. The van der Waals surface area contributed by atoms with Crippen LogP contribution >= 0.6 is 11.6 Å². The molecule has 0 atom stereocenters. The first-order valence-corrected chi connectivity index (χ1v) is 7.51. The molecule has 0 N–H and O–H groups in total. The van der Waals surface area contributed by atoms with Gasteiger partial charge in [0.05, 0.1) is 6.54 Å². The Hall–Kier alpha value is -2.32. The van der Waals surface area contributed by atoms with Gasteiger partial charge in [0.15, 0.2) is 0 Å². The molecule has 0 aliphatic rings. The summed E-state index contributed by atoms with van der Waals surface area (Å²) in [5.41, 5.74) is 4.40. The van der Waals surface area contributed by atoms with E-state index in [9.17, 15) is 4.79 Å². The smallest absolute Gasteiger partial charge is 0.250 e. The summed E-state index contributed by atoms with van der Waals surface area (Å²) in [7, 11) is 0. The van der Waals surface area contributed by atoms with Crippen molar-refractivity contribution in [1.82, 2.24) is 4.57 Å². The van der Waals surface area contributed by atoms with E-state index in [1.807, 2.05) is 36.5 Å². The second-order valence-electron chi connectivity index (χ2n) is 5.38. The molecule has 0 radical (unpaired) electrons. The molecule has 1 heterocycles. The van der Waals surface area contributed by atoms with Crippen molar-refractivity contribution in [2.75, 3.05) is 0 Å². The highest BCUT2D eigenvalue weighted by Crippen LogP contribution is 2.19. The van der Waals surface area contributed by atoms with E-state index in [1.54, 1.807) is 10.6 Å². The lowest BCUT2D eigenvalue weighted by molar-refractivity contribution is 0.761. The number of aryl methyl sites for hydroxylation is 1. The van der Waals surface area contributed by atoms with E-state index in [4.69, 9.17) is 11.6 Å². The Morgan fingerprint density at radius 2 is 1.50 bits per heavy atom. The van der Waals surface area contributed by atoms with Crippen molar-refractivity contribution in [3.8, 4) is 11.1 Å². The summed E-state index contributed by atoms with van der Waals surface area (Å²) in [6, 6.07) is 19.3. The quantitative estimate of drug-likeness (QED) is 0.697. The number of halogens is 1. The third-order valence-electron chi connectivity index (χ3n) is 3.63. The molecule has 0 fully saturated rings. The van der Waals surface area contributed by atoms with Crippen LogP contribution in [-0.4, -0.2) is 4.57 Å². The molecule has 0 bridgehead atoms. The Bertz CT molecular complexity index is 833. The first-order chi connectivity index (χ1) is 10.6. The van der Waals surface area contributed by atoms with Gasteiger partial charge >= 0.3 is 0 Å². The fourth-order valence-electron chi connectivity index (χ4n) is 2.36. The number of hydrogen-bond acceptors (Lipinski definition) is 1. The summed E-state index contributed by atoms with van der Waals surface area (Å²) < 4.78 is 1.72. The van der Waals surface area contributed by atoms with Crippen molar-refractivity contribution >= 4 is 11.6 Å². The molecule has 0 aliphatic carbocycles. The fourth-order valence-corrected chi connectivity index (χ4v) is 2.48. The summed E-state index contributed by atoms with van der Waals surface area (Å²) in [5.74, 6) is 0. The van der Waals surface area contributed by atoms with Gasteiger partial charge in [-0.15, -0.1) is 0 Å². The maximum Gasteiger partial charge on any atom is 0.250 e. The lowest BCUT2D eigenvalue weighted by Gasteiger charge is -2.09. The molecule has 1 aromatic heterocycles. The molecule has 22 heavy (non-hydrogen) atoms. The number of aromatic nitrogens is 1. The summed E-state index contributed by atoms with van der Waals surface area (Å²) in [5, 5.41) is 0.699. The Kier molecular flexibility index (Phi) is 4.12. The first kappa shape index (κ1) is 14.6. The molecule has 3 aromatic rings. The SMILES string of the molecule is Cc1ccc(-c2ccc(=O)n(Cc3ccc(Cl)cc3)c2)cc1. The van der Waals surface area contributed by atoms with Crippen LogP contribution in [0.3, 0.4) is 0 Å². The third-order valence-corrected chi connectivity index (χ3v) is 3.89. The van der Waals surface area contributed by atoms with E-state index in [2.05, 4.69) is 31.2 Å². The maximum absolute atomic E-state index is 12.1. The lowest BCUT2D eigenvalue weighted by atomic mass is 10.1. The molecule has 110 valence electrons. The van der Waals surface area contributed by atoms with Crippen LogP contribution in [0, 0.1) is 6.92 Å². The predicted octanol–water partition coefficient (Wildman–Crippen LogP) is 4.53. The Morgan fingerprint density at radius 1 is 0.864 bits per heavy atom. The molecule has 2 aromatic carbocycles. The van der Waals surface area contributed by atoms with Gasteiger partial charge in [-0.1, -0.05) is 53.6 Å².